The fraction of sp³-hybridized carbons (Fsp3) is 0.289. The molecule has 4 heterocycles. The molecule has 2 bridgehead atoms. The van der Waals surface area contributed by atoms with Crippen LogP contribution in [0.3, 0.4) is 0 Å². The van der Waals surface area contributed by atoms with Gasteiger partial charge in [-0.3, -0.25) is 24.1 Å². The summed E-state index contributed by atoms with van der Waals surface area (Å²) < 4.78 is 26.5. The molecule has 5 aromatic rings. The Morgan fingerprint density at radius 1 is 0.961 bits per heavy atom. The van der Waals surface area contributed by atoms with E-state index in [0.29, 0.717) is 22.9 Å². The Labute approximate surface area is 293 Å². The Morgan fingerprint density at radius 3 is 2.16 bits per heavy atom. The van der Waals surface area contributed by atoms with Gasteiger partial charge in [0.05, 0.1) is 46.0 Å². The topological polar surface area (TPSA) is 158 Å². The normalized spacial score (nSPS) is 21.1. The summed E-state index contributed by atoms with van der Waals surface area (Å²) in [6.45, 7) is 1.69. The van der Waals surface area contributed by atoms with E-state index < -0.39 is 46.6 Å². The lowest BCUT2D eigenvalue weighted by atomic mass is 9.79. The van der Waals surface area contributed by atoms with Crippen molar-refractivity contribution in [3.8, 4) is 11.5 Å². The van der Waals surface area contributed by atoms with Crippen LogP contribution < -0.4 is 25.6 Å². The van der Waals surface area contributed by atoms with Gasteiger partial charge in [-0.2, -0.15) is 0 Å². The number of hydrogen-bond acceptors (Lipinski definition) is 10. The molecule has 4 atom stereocenters. The van der Waals surface area contributed by atoms with Crippen molar-refractivity contribution in [3.05, 3.63) is 147 Å². The smallest absolute Gasteiger partial charge is 0.330 e. The van der Waals surface area contributed by atoms with E-state index in [1.165, 1.54) is 10.8 Å². The number of carbonyl (C=O) groups is 1. The SMILES string of the molecule is COc1ccc(C(OC[C@@]23CN(c4cnccn4)[C@@H]([C@H](n4cc(C)c(=O)[nH]c4=O)O2)[C@@H]3CC(=O)O)(c2ccccc2)c2ccc(OC)cc2)cc1. The number of hydrogen-bond donors (Lipinski definition) is 2. The first-order valence-corrected chi connectivity index (χ1v) is 16.4. The molecule has 2 aliphatic heterocycles. The lowest BCUT2D eigenvalue weighted by Crippen LogP contribution is -2.51. The van der Waals surface area contributed by atoms with Crippen molar-refractivity contribution >= 4 is 11.8 Å². The number of nitrogens with one attached hydrogen (secondary N) is 1. The number of carboxylic acids is 1. The van der Waals surface area contributed by atoms with Crippen LogP contribution in [0.15, 0.2) is 113 Å². The minimum absolute atomic E-state index is 0.0985. The van der Waals surface area contributed by atoms with Gasteiger partial charge >= 0.3 is 11.7 Å². The van der Waals surface area contributed by atoms with Gasteiger partial charge in [-0.05, 0) is 47.9 Å². The highest BCUT2D eigenvalue weighted by Crippen LogP contribution is 2.54. The van der Waals surface area contributed by atoms with Gasteiger partial charge in [0.15, 0.2) is 6.23 Å². The fourth-order valence-corrected chi connectivity index (χ4v) is 7.48. The molecule has 7 rings (SSSR count). The number of anilines is 1. The zero-order chi connectivity index (χ0) is 35.8. The maximum Gasteiger partial charge on any atom is 0.330 e. The van der Waals surface area contributed by atoms with Crippen molar-refractivity contribution < 1.29 is 28.8 Å². The van der Waals surface area contributed by atoms with Crippen LogP contribution in [-0.4, -0.2) is 69.6 Å². The lowest BCUT2D eigenvalue weighted by Gasteiger charge is -2.42. The largest absolute Gasteiger partial charge is 0.497 e. The Bertz CT molecular complexity index is 2080. The van der Waals surface area contributed by atoms with E-state index in [4.69, 9.17) is 18.9 Å². The molecule has 13 nitrogen and oxygen atoms in total. The number of aromatic amines is 1. The molecule has 13 heteroatoms. The molecule has 0 amide bonds. The molecule has 2 aliphatic rings. The van der Waals surface area contributed by atoms with Gasteiger partial charge in [-0.15, -0.1) is 0 Å². The van der Waals surface area contributed by atoms with E-state index in [-0.39, 0.29) is 19.6 Å². The van der Waals surface area contributed by atoms with E-state index in [1.54, 1.807) is 39.7 Å². The van der Waals surface area contributed by atoms with Crippen LogP contribution in [0.25, 0.3) is 0 Å². The third kappa shape index (κ3) is 5.93. The summed E-state index contributed by atoms with van der Waals surface area (Å²) in [5.41, 5.74) is -1.01. The quantitative estimate of drug-likeness (QED) is 0.183. The number of aliphatic carboxylic acids is 1. The van der Waals surface area contributed by atoms with Crippen LogP contribution in [0.4, 0.5) is 5.82 Å². The molecule has 0 aliphatic carbocycles. The monoisotopic (exact) mass is 691 g/mol. The fourth-order valence-electron chi connectivity index (χ4n) is 7.48. The first-order valence-electron chi connectivity index (χ1n) is 16.4. The van der Waals surface area contributed by atoms with Gasteiger partial charge in [0.1, 0.15) is 28.5 Å². The molecular weight excluding hydrogens is 654 g/mol. The summed E-state index contributed by atoms with van der Waals surface area (Å²) in [6.07, 6.45) is 4.85. The Balaban J connectivity index is 1.41. The van der Waals surface area contributed by atoms with Crippen LogP contribution in [0.2, 0.25) is 0 Å². The van der Waals surface area contributed by atoms with Crippen molar-refractivity contribution in [2.24, 2.45) is 5.92 Å². The summed E-state index contributed by atoms with van der Waals surface area (Å²) in [5, 5.41) is 10.3. The van der Waals surface area contributed by atoms with E-state index in [9.17, 15) is 19.5 Å². The summed E-state index contributed by atoms with van der Waals surface area (Å²) >= 11 is 0. The molecule has 0 radical (unpaired) electrons. The van der Waals surface area contributed by atoms with E-state index in [2.05, 4.69) is 15.0 Å². The molecule has 2 aromatic heterocycles. The summed E-state index contributed by atoms with van der Waals surface area (Å²) in [7, 11) is 3.20. The van der Waals surface area contributed by atoms with Crippen LogP contribution in [-0.2, 0) is 19.9 Å². The number of fused-ring (bicyclic) bond motifs is 2. The second-order valence-corrected chi connectivity index (χ2v) is 12.7. The number of benzene rings is 3. The first-order chi connectivity index (χ1) is 24.7. The number of H-pyrrole nitrogens is 1. The third-order valence-electron chi connectivity index (χ3n) is 9.90. The standard InChI is InChI=1S/C38H37N5O8/c1-24-21-42(36(47)41-34(24)46)35-33-30(19-32(44)45)37(51-35,22-43(33)31-20-39-17-18-40-31)23-50-38(25-7-5-4-6-8-25,26-9-13-28(48-2)14-10-26)27-11-15-29(49-3)16-12-27/h4-18,20-21,30,33,35H,19,22-23H2,1-3H3,(H,44,45)(H,41,46,47)/t30-,33+,35+,37+/m0/s1. The average molecular weight is 692 g/mol. The number of carboxylic acid groups (broad SMARTS) is 1. The van der Waals surface area contributed by atoms with Gasteiger partial charge in [-0.1, -0.05) is 54.6 Å². The van der Waals surface area contributed by atoms with Gasteiger partial charge in [0.25, 0.3) is 5.56 Å². The zero-order valence-electron chi connectivity index (χ0n) is 28.3. The van der Waals surface area contributed by atoms with Crippen LogP contribution in [0.1, 0.15) is 34.9 Å². The first kappa shape index (κ1) is 33.7. The number of morpholine rings is 1. The van der Waals surface area contributed by atoms with E-state index in [0.717, 1.165) is 16.7 Å². The molecule has 2 N–H and O–H groups in total. The molecule has 0 spiro atoms. The number of rotatable bonds is 12. The van der Waals surface area contributed by atoms with Gasteiger partial charge in [0.2, 0.25) is 0 Å². The number of methoxy groups -OCH3 is 2. The second kappa shape index (κ2) is 13.5. The molecule has 51 heavy (non-hydrogen) atoms. The highest BCUT2D eigenvalue weighted by Gasteiger charge is 2.65. The van der Waals surface area contributed by atoms with Crippen molar-refractivity contribution in [1.82, 2.24) is 19.5 Å². The highest BCUT2D eigenvalue weighted by atomic mass is 16.6. The van der Waals surface area contributed by atoms with Crippen LogP contribution in [0, 0.1) is 12.8 Å². The second-order valence-electron chi connectivity index (χ2n) is 12.7. The molecule has 2 fully saturated rings. The number of ether oxygens (including phenoxy) is 4. The van der Waals surface area contributed by atoms with Gasteiger partial charge in [0, 0.05) is 30.1 Å². The van der Waals surface area contributed by atoms with E-state index in [1.807, 2.05) is 83.8 Å². The number of aromatic nitrogens is 4. The Hall–Kier alpha value is -5.79. The predicted molar refractivity (Wildman–Crippen MR) is 186 cm³/mol. The number of nitrogens with zero attached hydrogens (tertiary/aromatic N) is 4. The van der Waals surface area contributed by atoms with E-state index >= 15 is 0 Å². The minimum Gasteiger partial charge on any atom is -0.497 e. The Kier molecular flexibility index (Phi) is 8.92. The molecular formula is C38H37N5O8. The van der Waals surface area contributed by atoms with Crippen molar-refractivity contribution in [3.63, 3.8) is 0 Å². The highest BCUT2D eigenvalue weighted by molar-refractivity contribution is 5.68. The summed E-state index contributed by atoms with van der Waals surface area (Å²) in [4.78, 5) is 51.4. The van der Waals surface area contributed by atoms with Gasteiger partial charge < -0.3 is 29.0 Å². The minimum atomic E-state index is -1.27. The third-order valence-corrected chi connectivity index (χ3v) is 9.90. The van der Waals surface area contributed by atoms with Gasteiger partial charge in [-0.25, -0.2) is 9.78 Å². The van der Waals surface area contributed by atoms with Crippen molar-refractivity contribution in [2.45, 2.75) is 36.8 Å². The van der Waals surface area contributed by atoms with Crippen LogP contribution >= 0.6 is 0 Å². The maximum atomic E-state index is 13.3. The maximum absolute atomic E-state index is 13.3. The van der Waals surface area contributed by atoms with Crippen molar-refractivity contribution in [1.29, 1.82) is 0 Å². The average Bonchev–Trinajstić information content (AvgIpc) is 3.62. The molecule has 0 saturated carbocycles. The summed E-state index contributed by atoms with van der Waals surface area (Å²) in [6, 6.07) is 24.3. The molecule has 2 saturated heterocycles. The summed E-state index contributed by atoms with van der Waals surface area (Å²) in [5.74, 6) is 0.0994. The Morgan fingerprint density at radius 2 is 1.59 bits per heavy atom. The lowest BCUT2D eigenvalue weighted by molar-refractivity contribution is -0.156. The van der Waals surface area contributed by atoms with Crippen molar-refractivity contribution in [2.75, 3.05) is 32.3 Å². The molecule has 262 valence electrons. The zero-order valence-corrected chi connectivity index (χ0v) is 28.3. The predicted octanol–water partition coefficient (Wildman–Crippen LogP) is 3.91. The van der Waals surface area contributed by atoms with Crippen LogP contribution in [0.5, 0.6) is 11.5 Å². The molecule has 0 unspecified atom stereocenters. The number of aryl methyl sites for hydroxylation is 1. The molecule has 3 aromatic carbocycles.